The van der Waals surface area contributed by atoms with Gasteiger partial charge < -0.3 is 4.74 Å². The Balaban J connectivity index is 3.63. The van der Waals surface area contributed by atoms with Gasteiger partial charge in [0.15, 0.2) is 0 Å². The summed E-state index contributed by atoms with van der Waals surface area (Å²) in [6, 6.07) is 0.138. The van der Waals surface area contributed by atoms with Gasteiger partial charge >= 0.3 is 6.04 Å². The van der Waals surface area contributed by atoms with Crippen LogP contribution in [0.15, 0.2) is 12.7 Å². The van der Waals surface area contributed by atoms with Crippen LogP contribution in [0.2, 0.25) is 0 Å². The molecule has 0 N–H and O–H groups in total. The first kappa shape index (κ1) is 11.1. The van der Waals surface area contributed by atoms with Crippen molar-refractivity contribution in [3.05, 3.63) is 28.8 Å². The Hall–Kier alpha value is -0.900. The van der Waals surface area contributed by atoms with Crippen LogP contribution < -0.4 is 0 Å². The maximum atomic E-state index is 10.2. The molecule has 4 heteroatoms. The Bertz CT molecular complexity index is 158. The third kappa shape index (κ3) is 4.08. The molecular formula is C8H14NO3. The van der Waals surface area contributed by atoms with Gasteiger partial charge in [-0.15, -0.1) is 6.58 Å². The van der Waals surface area contributed by atoms with Gasteiger partial charge in [0.1, 0.15) is 6.10 Å². The fourth-order valence-corrected chi connectivity index (χ4v) is 0.597. The molecule has 0 rings (SSSR count). The van der Waals surface area contributed by atoms with E-state index in [0.717, 1.165) is 6.42 Å². The first-order chi connectivity index (χ1) is 5.59. The first-order valence-corrected chi connectivity index (χ1v) is 3.80. The molecule has 1 unspecified atom stereocenters. The Kier molecular flexibility index (Phi) is 5.28. The largest absolute Gasteiger partial charge is 0.370 e. The van der Waals surface area contributed by atoms with Gasteiger partial charge in [-0.1, -0.05) is 6.08 Å². The molecular weight excluding hydrogens is 158 g/mol. The molecule has 0 saturated heterocycles. The lowest BCUT2D eigenvalue weighted by Gasteiger charge is -2.11. The van der Waals surface area contributed by atoms with Crippen LogP contribution in [0.3, 0.4) is 0 Å². The minimum Gasteiger partial charge on any atom is -0.370 e. The highest BCUT2D eigenvalue weighted by molar-refractivity contribution is 4.78. The van der Waals surface area contributed by atoms with Gasteiger partial charge in [0.05, 0.1) is 6.61 Å². The van der Waals surface area contributed by atoms with Crippen molar-refractivity contribution in [3.63, 3.8) is 0 Å². The molecule has 1 atom stereocenters. The summed E-state index contributed by atoms with van der Waals surface area (Å²) in [7, 11) is 0. The van der Waals surface area contributed by atoms with Crippen molar-refractivity contribution < 1.29 is 9.66 Å². The zero-order valence-electron chi connectivity index (χ0n) is 7.45. The third-order valence-corrected chi connectivity index (χ3v) is 1.57. The summed E-state index contributed by atoms with van der Waals surface area (Å²) in [5.41, 5.74) is 0. The zero-order chi connectivity index (χ0) is 9.56. The maximum absolute atomic E-state index is 10.2. The molecule has 0 spiro atoms. The summed E-state index contributed by atoms with van der Waals surface area (Å²) in [5.74, 6) is 0. The van der Waals surface area contributed by atoms with Crippen molar-refractivity contribution in [3.8, 4) is 0 Å². The van der Waals surface area contributed by atoms with Gasteiger partial charge in [-0.05, 0) is 13.3 Å². The van der Waals surface area contributed by atoms with Crippen LogP contribution >= 0.6 is 0 Å². The molecule has 0 bridgehead atoms. The van der Waals surface area contributed by atoms with E-state index in [-0.39, 0.29) is 6.04 Å². The molecule has 4 nitrogen and oxygen atoms in total. The summed E-state index contributed by atoms with van der Waals surface area (Å²) in [5, 5.41) is 10.2. The number of ether oxygens (including phenoxy) is 1. The van der Waals surface area contributed by atoms with E-state index < -0.39 is 11.0 Å². The van der Waals surface area contributed by atoms with E-state index >= 15 is 0 Å². The Morgan fingerprint density at radius 3 is 2.83 bits per heavy atom. The molecule has 0 heterocycles. The minimum absolute atomic E-state index is 0.138. The smallest absolute Gasteiger partial charge is 0.315 e. The monoisotopic (exact) mass is 172 g/mol. The number of rotatable bonds is 6. The quantitative estimate of drug-likeness (QED) is 0.265. The van der Waals surface area contributed by atoms with Crippen molar-refractivity contribution >= 4 is 0 Å². The predicted molar refractivity (Wildman–Crippen MR) is 46.1 cm³/mol. The van der Waals surface area contributed by atoms with Crippen LogP contribution in [0, 0.1) is 16.2 Å². The molecule has 0 aliphatic carbocycles. The van der Waals surface area contributed by atoms with Gasteiger partial charge in [-0.2, -0.15) is 0 Å². The molecule has 0 fully saturated rings. The fourth-order valence-electron chi connectivity index (χ4n) is 0.597. The van der Waals surface area contributed by atoms with E-state index in [9.17, 15) is 10.1 Å². The van der Waals surface area contributed by atoms with E-state index in [1.54, 1.807) is 13.0 Å². The fraction of sp³-hybridized carbons (Fsp3) is 0.625. The zero-order valence-corrected chi connectivity index (χ0v) is 7.45. The standard InChI is InChI=1S/C8H14NO3/c1-4-5-6-12-8(3)7(2)9(10)11/h4,8H,1,5-6H2,2-3H3. The van der Waals surface area contributed by atoms with Crippen LogP contribution in [0.4, 0.5) is 0 Å². The highest BCUT2D eigenvalue weighted by Crippen LogP contribution is 2.09. The van der Waals surface area contributed by atoms with Crippen molar-refractivity contribution in [2.24, 2.45) is 0 Å². The van der Waals surface area contributed by atoms with Gasteiger partial charge in [0.2, 0.25) is 0 Å². The normalized spacial score (nSPS) is 12.9. The van der Waals surface area contributed by atoms with Crippen LogP contribution in [-0.2, 0) is 4.74 Å². The molecule has 0 aromatic carbocycles. The van der Waals surface area contributed by atoms with E-state index in [1.807, 2.05) is 0 Å². The van der Waals surface area contributed by atoms with Gasteiger partial charge in [-0.3, -0.25) is 10.1 Å². The predicted octanol–water partition coefficient (Wildman–Crippen LogP) is 1.80. The number of nitro groups is 1. The second kappa shape index (κ2) is 5.71. The van der Waals surface area contributed by atoms with Gasteiger partial charge in [-0.25, -0.2) is 0 Å². The SMILES string of the molecule is C=CCCOC(C)[C](C)[N+](=O)[O-]. The van der Waals surface area contributed by atoms with E-state index in [0.29, 0.717) is 6.61 Å². The van der Waals surface area contributed by atoms with Crippen LogP contribution in [0.1, 0.15) is 20.3 Å². The lowest BCUT2D eigenvalue weighted by Crippen LogP contribution is -2.23. The van der Waals surface area contributed by atoms with Crippen molar-refractivity contribution in [2.45, 2.75) is 26.4 Å². The van der Waals surface area contributed by atoms with Crippen molar-refractivity contribution in [1.29, 1.82) is 0 Å². The second-order valence-electron chi connectivity index (χ2n) is 2.49. The van der Waals surface area contributed by atoms with Crippen molar-refractivity contribution in [1.82, 2.24) is 0 Å². The maximum Gasteiger partial charge on any atom is 0.315 e. The van der Waals surface area contributed by atoms with Gasteiger partial charge in [0, 0.05) is 11.8 Å². The lowest BCUT2D eigenvalue weighted by molar-refractivity contribution is -0.475. The molecule has 0 amide bonds. The number of nitrogens with zero attached hydrogens (tertiary/aromatic N) is 1. The molecule has 0 aliphatic heterocycles. The number of hydrogen-bond acceptors (Lipinski definition) is 3. The highest BCUT2D eigenvalue weighted by atomic mass is 16.6. The summed E-state index contributed by atoms with van der Waals surface area (Å²) >= 11 is 0. The average molecular weight is 172 g/mol. The average Bonchev–Trinajstić information content (AvgIpc) is 2.03. The van der Waals surface area contributed by atoms with Crippen LogP contribution in [-0.4, -0.2) is 17.6 Å². The van der Waals surface area contributed by atoms with Crippen LogP contribution in [0.5, 0.6) is 0 Å². The summed E-state index contributed by atoms with van der Waals surface area (Å²) in [6.45, 7) is 7.12. The highest BCUT2D eigenvalue weighted by Gasteiger charge is 2.25. The molecule has 12 heavy (non-hydrogen) atoms. The third-order valence-electron chi connectivity index (χ3n) is 1.57. The Morgan fingerprint density at radius 2 is 2.42 bits per heavy atom. The summed E-state index contributed by atoms with van der Waals surface area (Å²) in [4.78, 5) is 9.82. The summed E-state index contributed by atoms with van der Waals surface area (Å²) in [6.07, 6.45) is 2.02. The first-order valence-electron chi connectivity index (χ1n) is 3.80. The van der Waals surface area contributed by atoms with E-state index in [4.69, 9.17) is 4.74 Å². The Morgan fingerprint density at radius 1 is 1.83 bits per heavy atom. The van der Waals surface area contributed by atoms with Crippen LogP contribution in [0.25, 0.3) is 0 Å². The number of hydrogen-bond donors (Lipinski definition) is 0. The summed E-state index contributed by atoms with van der Waals surface area (Å²) < 4.78 is 5.16. The molecule has 0 aliphatic rings. The molecule has 0 saturated carbocycles. The van der Waals surface area contributed by atoms with Gasteiger partial charge in [0.25, 0.3) is 0 Å². The Labute approximate surface area is 72.4 Å². The van der Waals surface area contributed by atoms with Crippen molar-refractivity contribution in [2.75, 3.05) is 6.61 Å². The molecule has 69 valence electrons. The lowest BCUT2D eigenvalue weighted by atomic mass is 10.2. The topological polar surface area (TPSA) is 52.4 Å². The molecule has 0 aromatic heterocycles. The molecule has 1 radical (unpaired) electrons. The molecule has 0 aromatic rings. The second-order valence-corrected chi connectivity index (χ2v) is 2.49. The minimum atomic E-state index is -0.418. The van der Waals surface area contributed by atoms with E-state index in [1.165, 1.54) is 6.92 Å². The van der Waals surface area contributed by atoms with E-state index in [2.05, 4.69) is 6.58 Å².